The summed E-state index contributed by atoms with van der Waals surface area (Å²) in [6, 6.07) is 44.4. The van der Waals surface area contributed by atoms with Crippen molar-refractivity contribution in [3.8, 4) is 28.6 Å². The summed E-state index contributed by atoms with van der Waals surface area (Å²) in [6.07, 6.45) is 3.77. The van der Waals surface area contributed by atoms with E-state index >= 15 is 0 Å². The number of pyridine rings is 1. The summed E-state index contributed by atoms with van der Waals surface area (Å²) in [5.74, 6) is 0. The van der Waals surface area contributed by atoms with E-state index in [4.69, 9.17) is 0 Å². The van der Waals surface area contributed by atoms with Crippen LogP contribution in [0.5, 0.6) is 0 Å². The molecule has 4 heteroatoms. The molecule has 3 heterocycles. The summed E-state index contributed by atoms with van der Waals surface area (Å²) in [7, 11) is 0. The summed E-state index contributed by atoms with van der Waals surface area (Å²) in [5, 5.41) is 15.1. The Kier molecular flexibility index (Phi) is 4.85. The lowest BCUT2D eigenvalue weighted by Crippen LogP contribution is -2.04. The van der Waals surface area contributed by atoms with E-state index in [0.29, 0.717) is 5.56 Å². The van der Waals surface area contributed by atoms with Gasteiger partial charge in [-0.2, -0.15) is 5.26 Å². The van der Waals surface area contributed by atoms with Gasteiger partial charge in [0, 0.05) is 38.9 Å². The summed E-state index contributed by atoms with van der Waals surface area (Å²) in [5.41, 5.74) is 8.82. The lowest BCUT2D eigenvalue weighted by atomic mass is 9.99. The number of nitriles is 1. The second-order valence-electron chi connectivity index (χ2n) is 9.95. The van der Waals surface area contributed by atoms with Gasteiger partial charge in [0.15, 0.2) is 0 Å². The van der Waals surface area contributed by atoms with Crippen molar-refractivity contribution < 1.29 is 0 Å². The second kappa shape index (κ2) is 8.69. The Morgan fingerprint density at radius 1 is 0.500 bits per heavy atom. The lowest BCUT2D eigenvalue weighted by molar-refractivity contribution is 1.13. The maximum Gasteiger partial charge on any atom is 0.101 e. The lowest BCUT2D eigenvalue weighted by Gasteiger charge is -2.19. The predicted octanol–water partition coefficient (Wildman–Crippen LogP) is 8.81. The van der Waals surface area contributed by atoms with Crippen LogP contribution in [0.1, 0.15) is 5.56 Å². The normalized spacial score (nSPS) is 11.5. The SMILES string of the molecule is N#Cc1cccc(-c2ccncc2-n2c3ccccc3c3ccccc32)c1-n1c2ccccc2c2ccccc21. The third kappa shape index (κ3) is 3.09. The van der Waals surface area contributed by atoms with E-state index in [1.54, 1.807) is 0 Å². The summed E-state index contributed by atoms with van der Waals surface area (Å²) >= 11 is 0. The van der Waals surface area contributed by atoms with Crippen molar-refractivity contribution in [2.24, 2.45) is 0 Å². The molecule has 0 saturated carbocycles. The molecule has 0 spiro atoms. The number of fused-ring (bicyclic) bond motifs is 6. The molecule has 0 fully saturated rings. The average Bonchev–Trinajstić information content (AvgIpc) is 3.54. The molecule has 0 unspecified atom stereocenters. The molecule has 0 aliphatic rings. The van der Waals surface area contributed by atoms with Crippen LogP contribution < -0.4 is 0 Å². The van der Waals surface area contributed by atoms with E-state index < -0.39 is 0 Å². The van der Waals surface area contributed by atoms with Gasteiger partial charge in [-0.1, -0.05) is 84.9 Å². The van der Waals surface area contributed by atoms with Gasteiger partial charge in [0.25, 0.3) is 0 Å². The van der Waals surface area contributed by atoms with Crippen LogP contribution in [0.2, 0.25) is 0 Å². The van der Waals surface area contributed by atoms with Crippen LogP contribution in [0.25, 0.3) is 66.1 Å². The molecule has 186 valence electrons. The second-order valence-corrected chi connectivity index (χ2v) is 9.95. The van der Waals surface area contributed by atoms with Crippen molar-refractivity contribution in [3.05, 3.63) is 139 Å². The van der Waals surface area contributed by atoms with Gasteiger partial charge in [0.1, 0.15) is 6.07 Å². The van der Waals surface area contributed by atoms with Crippen molar-refractivity contribution in [1.82, 2.24) is 14.1 Å². The fourth-order valence-electron chi connectivity index (χ4n) is 6.23. The molecule has 0 aliphatic heterocycles. The monoisotopic (exact) mass is 510 g/mol. The molecule has 0 N–H and O–H groups in total. The molecule has 8 rings (SSSR count). The van der Waals surface area contributed by atoms with E-state index in [-0.39, 0.29) is 0 Å². The van der Waals surface area contributed by atoms with Gasteiger partial charge in [-0.3, -0.25) is 4.98 Å². The van der Waals surface area contributed by atoms with Crippen LogP contribution in [0.3, 0.4) is 0 Å². The van der Waals surface area contributed by atoms with Crippen LogP contribution >= 0.6 is 0 Å². The molecule has 0 aliphatic carbocycles. The molecular weight excluding hydrogens is 488 g/mol. The summed E-state index contributed by atoms with van der Waals surface area (Å²) < 4.78 is 4.54. The number of aromatic nitrogens is 3. The first-order valence-electron chi connectivity index (χ1n) is 13.3. The first-order chi connectivity index (χ1) is 19.8. The van der Waals surface area contributed by atoms with Crippen LogP contribution in [0.4, 0.5) is 0 Å². The maximum atomic E-state index is 10.4. The van der Waals surface area contributed by atoms with Crippen molar-refractivity contribution in [1.29, 1.82) is 5.26 Å². The first kappa shape index (κ1) is 22.3. The minimum atomic E-state index is 0.619. The van der Waals surface area contributed by atoms with Gasteiger partial charge < -0.3 is 9.13 Å². The van der Waals surface area contributed by atoms with E-state index in [1.165, 1.54) is 10.8 Å². The van der Waals surface area contributed by atoms with Gasteiger partial charge in [0.05, 0.1) is 45.2 Å². The molecule has 0 radical (unpaired) electrons. The first-order valence-corrected chi connectivity index (χ1v) is 13.3. The highest BCUT2D eigenvalue weighted by atomic mass is 15.0. The van der Waals surface area contributed by atoms with Gasteiger partial charge in [-0.25, -0.2) is 0 Å². The number of para-hydroxylation sites is 5. The number of rotatable bonds is 3. The zero-order valence-corrected chi connectivity index (χ0v) is 21.5. The molecule has 0 bridgehead atoms. The molecule has 5 aromatic carbocycles. The third-order valence-electron chi connectivity index (χ3n) is 7.87. The molecule has 40 heavy (non-hydrogen) atoms. The Balaban J connectivity index is 1.51. The van der Waals surface area contributed by atoms with E-state index in [9.17, 15) is 5.26 Å². The van der Waals surface area contributed by atoms with Gasteiger partial charge in [0.2, 0.25) is 0 Å². The summed E-state index contributed by atoms with van der Waals surface area (Å²) in [4.78, 5) is 4.58. The van der Waals surface area contributed by atoms with Crippen molar-refractivity contribution in [2.45, 2.75) is 0 Å². The fraction of sp³-hybridized carbons (Fsp3) is 0. The number of nitrogens with zero attached hydrogens (tertiary/aromatic N) is 4. The zero-order valence-electron chi connectivity index (χ0n) is 21.5. The molecule has 0 saturated heterocycles. The van der Waals surface area contributed by atoms with Crippen LogP contribution in [-0.2, 0) is 0 Å². The minimum absolute atomic E-state index is 0.619. The molecule has 4 nitrogen and oxygen atoms in total. The number of benzene rings is 5. The Morgan fingerprint density at radius 2 is 1.00 bits per heavy atom. The Labute approximate surface area is 230 Å². The van der Waals surface area contributed by atoms with E-state index in [1.807, 2.05) is 24.5 Å². The highest BCUT2D eigenvalue weighted by Crippen LogP contribution is 2.41. The maximum absolute atomic E-state index is 10.4. The highest BCUT2D eigenvalue weighted by molar-refractivity contribution is 6.11. The van der Waals surface area contributed by atoms with E-state index in [0.717, 1.165) is 55.3 Å². The van der Waals surface area contributed by atoms with Gasteiger partial charge in [-0.15, -0.1) is 0 Å². The van der Waals surface area contributed by atoms with Gasteiger partial charge in [-0.05, 0) is 36.4 Å². The summed E-state index contributed by atoms with van der Waals surface area (Å²) in [6.45, 7) is 0. The van der Waals surface area contributed by atoms with Crippen LogP contribution in [0.15, 0.2) is 134 Å². The minimum Gasteiger partial charge on any atom is -0.307 e. The van der Waals surface area contributed by atoms with Crippen molar-refractivity contribution >= 4 is 43.6 Å². The predicted molar refractivity (Wildman–Crippen MR) is 163 cm³/mol. The standard InChI is InChI=1S/C36H22N4/c37-22-24-10-9-15-30(36(24)40-33-18-7-3-13-27(33)28-14-4-8-19-34(28)40)29-20-21-38-23-35(29)39-31-16-5-1-11-25(31)26-12-2-6-17-32(26)39/h1-21,23H. The molecule has 0 atom stereocenters. The van der Waals surface area contributed by atoms with Crippen molar-refractivity contribution in [3.63, 3.8) is 0 Å². The number of hydrogen-bond donors (Lipinski definition) is 0. The quantitative estimate of drug-likeness (QED) is 0.238. The highest BCUT2D eigenvalue weighted by Gasteiger charge is 2.22. The zero-order chi connectivity index (χ0) is 26.6. The Morgan fingerprint density at radius 3 is 1.52 bits per heavy atom. The average molecular weight is 511 g/mol. The smallest absolute Gasteiger partial charge is 0.101 e. The Bertz CT molecular complexity index is 2190. The topological polar surface area (TPSA) is 46.5 Å². The van der Waals surface area contributed by atoms with Crippen LogP contribution in [0, 0.1) is 11.3 Å². The largest absolute Gasteiger partial charge is 0.307 e. The van der Waals surface area contributed by atoms with Gasteiger partial charge >= 0.3 is 0 Å². The van der Waals surface area contributed by atoms with E-state index in [2.05, 4.69) is 129 Å². The molecule has 3 aromatic heterocycles. The van der Waals surface area contributed by atoms with Crippen molar-refractivity contribution in [2.75, 3.05) is 0 Å². The Hall–Kier alpha value is -5.66. The third-order valence-corrected chi connectivity index (χ3v) is 7.87. The fourth-order valence-corrected chi connectivity index (χ4v) is 6.23. The molecule has 8 aromatic rings. The number of hydrogen-bond acceptors (Lipinski definition) is 2. The molecular formula is C36H22N4. The molecule has 0 amide bonds. The van der Waals surface area contributed by atoms with Crippen LogP contribution in [-0.4, -0.2) is 14.1 Å².